The van der Waals surface area contributed by atoms with Crippen LogP contribution in [0.4, 0.5) is 23.2 Å². The Morgan fingerprint density at radius 1 is 1.05 bits per heavy atom. The first-order valence-electron chi connectivity index (χ1n) is 6.02. The normalized spacial score (nSPS) is 11.3. The Morgan fingerprint density at radius 3 is 2.19 bits per heavy atom. The lowest BCUT2D eigenvalue weighted by molar-refractivity contribution is -0.137. The van der Waals surface area contributed by atoms with Crippen LogP contribution in [0, 0.1) is 12.7 Å². The van der Waals surface area contributed by atoms with E-state index in [0.29, 0.717) is 5.56 Å². The monoisotopic (exact) mass is 297 g/mol. The number of carbonyl (C=O) groups excluding carboxylic acids is 1. The predicted octanol–water partition coefficient (Wildman–Crippen LogP) is 4.41. The summed E-state index contributed by atoms with van der Waals surface area (Å²) in [5, 5.41) is 2.35. The molecule has 21 heavy (non-hydrogen) atoms. The van der Waals surface area contributed by atoms with Crippen molar-refractivity contribution in [3.05, 3.63) is 65.0 Å². The summed E-state index contributed by atoms with van der Waals surface area (Å²) in [4.78, 5) is 11.9. The average Bonchev–Trinajstić information content (AvgIpc) is 2.38. The van der Waals surface area contributed by atoms with E-state index in [1.807, 2.05) is 0 Å². The topological polar surface area (TPSA) is 29.1 Å². The van der Waals surface area contributed by atoms with Crippen molar-refractivity contribution in [1.82, 2.24) is 0 Å². The number of alkyl halides is 3. The number of amides is 1. The molecule has 0 aliphatic rings. The lowest BCUT2D eigenvalue weighted by atomic mass is 10.1. The van der Waals surface area contributed by atoms with Gasteiger partial charge < -0.3 is 5.32 Å². The molecule has 0 fully saturated rings. The molecule has 0 radical (unpaired) electrons. The van der Waals surface area contributed by atoms with Crippen LogP contribution in [0.3, 0.4) is 0 Å². The van der Waals surface area contributed by atoms with Crippen LogP contribution in [0.2, 0.25) is 0 Å². The maximum Gasteiger partial charge on any atom is 0.416 e. The van der Waals surface area contributed by atoms with Crippen LogP contribution < -0.4 is 5.32 Å². The van der Waals surface area contributed by atoms with Gasteiger partial charge >= 0.3 is 6.18 Å². The van der Waals surface area contributed by atoms with Crippen molar-refractivity contribution in [2.45, 2.75) is 13.1 Å². The zero-order chi connectivity index (χ0) is 15.6. The average molecular weight is 297 g/mol. The van der Waals surface area contributed by atoms with E-state index in [1.165, 1.54) is 12.1 Å². The van der Waals surface area contributed by atoms with Gasteiger partial charge in [0.05, 0.1) is 11.1 Å². The molecule has 0 unspecified atom stereocenters. The molecule has 6 heteroatoms. The van der Waals surface area contributed by atoms with Crippen LogP contribution >= 0.6 is 0 Å². The van der Waals surface area contributed by atoms with Gasteiger partial charge in [0.15, 0.2) is 0 Å². The fraction of sp³-hybridized carbons (Fsp3) is 0.133. The van der Waals surface area contributed by atoms with Crippen LogP contribution in [0.25, 0.3) is 0 Å². The van der Waals surface area contributed by atoms with Gasteiger partial charge in [-0.2, -0.15) is 13.2 Å². The molecular formula is C15H11F4NO. The SMILES string of the molecule is Cc1ccc(C(=O)Nc2ccc(C(F)(F)F)cc2)c(F)c1. The Labute approximate surface area is 118 Å². The van der Waals surface area contributed by atoms with Gasteiger partial charge in [0, 0.05) is 5.69 Å². The molecule has 0 saturated carbocycles. The fourth-order valence-electron chi connectivity index (χ4n) is 1.75. The molecule has 2 rings (SSSR count). The molecular weight excluding hydrogens is 286 g/mol. The van der Waals surface area contributed by atoms with E-state index in [1.54, 1.807) is 13.0 Å². The number of nitrogens with one attached hydrogen (secondary N) is 1. The molecule has 0 spiro atoms. The summed E-state index contributed by atoms with van der Waals surface area (Å²) >= 11 is 0. The Balaban J connectivity index is 2.16. The molecule has 2 aromatic rings. The molecule has 0 aromatic heterocycles. The Bertz CT molecular complexity index is 662. The fourth-order valence-corrected chi connectivity index (χ4v) is 1.75. The van der Waals surface area contributed by atoms with Crippen molar-refractivity contribution in [3.8, 4) is 0 Å². The second-order valence-corrected chi connectivity index (χ2v) is 4.51. The molecule has 0 saturated heterocycles. The standard InChI is InChI=1S/C15H11F4NO/c1-9-2-7-12(13(16)8-9)14(21)20-11-5-3-10(4-6-11)15(17,18)19/h2-8H,1H3,(H,20,21). The molecule has 0 atom stereocenters. The van der Waals surface area contributed by atoms with Crippen LogP contribution in [0.15, 0.2) is 42.5 Å². The first-order valence-corrected chi connectivity index (χ1v) is 6.02. The second kappa shape index (κ2) is 5.55. The van der Waals surface area contributed by atoms with Gasteiger partial charge in [0.2, 0.25) is 0 Å². The minimum atomic E-state index is -4.44. The lowest BCUT2D eigenvalue weighted by Crippen LogP contribution is -2.14. The van der Waals surface area contributed by atoms with E-state index in [9.17, 15) is 22.4 Å². The van der Waals surface area contributed by atoms with E-state index in [2.05, 4.69) is 5.32 Å². The summed E-state index contributed by atoms with van der Waals surface area (Å²) in [5.74, 6) is -1.40. The van der Waals surface area contributed by atoms with E-state index >= 15 is 0 Å². The summed E-state index contributed by atoms with van der Waals surface area (Å²) in [6, 6.07) is 8.04. The summed E-state index contributed by atoms with van der Waals surface area (Å²) < 4.78 is 50.8. The summed E-state index contributed by atoms with van der Waals surface area (Å²) in [7, 11) is 0. The van der Waals surface area contributed by atoms with Gasteiger partial charge in [-0.25, -0.2) is 4.39 Å². The van der Waals surface area contributed by atoms with Crippen LogP contribution in [0.5, 0.6) is 0 Å². The predicted molar refractivity (Wildman–Crippen MR) is 70.5 cm³/mol. The molecule has 2 nitrogen and oxygen atoms in total. The van der Waals surface area contributed by atoms with E-state index in [-0.39, 0.29) is 11.3 Å². The molecule has 1 N–H and O–H groups in total. The van der Waals surface area contributed by atoms with Crippen LogP contribution in [0.1, 0.15) is 21.5 Å². The minimum absolute atomic E-state index is 0.160. The molecule has 0 aliphatic carbocycles. The summed E-state index contributed by atoms with van der Waals surface area (Å²) in [6.45, 7) is 1.68. The number of benzene rings is 2. The molecule has 110 valence electrons. The first-order chi connectivity index (χ1) is 9.77. The molecule has 0 aliphatic heterocycles. The smallest absolute Gasteiger partial charge is 0.322 e. The molecule has 0 heterocycles. The maximum atomic E-state index is 13.6. The van der Waals surface area contributed by atoms with Crippen LogP contribution in [-0.2, 0) is 6.18 Å². The third kappa shape index (κ3) is 3.59. The van der Waals surface area contributed by atoms with Gasteiger partial charge in [0.1, 0.15) is 5.82 Å². The Morgan fingerprint density at radius 2 is 1.67 bits per heavy atom. The van der Waals surface area contributed by atoms with Gasteiger partial charge in [-0.1, -0.05) is 6.07 Å². The summed E-state index contributed by atoms with van der Waals surface area (Å²) in [5.41, 5.74) is -0.158. The first kappa shape index (κ1) is 15.0. The van der Waals surface area contributed by atoms with E-state index < -0.39 is 23.5 Å². The van der Waals surface area contributed by atoms with Gasteiger partial charge in [-0.15, -0.1) is 0 Å². The van der Waals surface area contributed by atoms with Crippen molar-refractivity contribution in [1.29, 1.82) is 0 Å². The largest absolute Gasteiger partial charge is 0.416 e. The highest BCUT2D eigenvalue weighted by Gasteiger charge is 2.30. The Kier molecular flexibility index (Phi) is 3.97. The van der Waals surface area contributed by atoms with Crippen molar-refractivity contribution >= 4 is 11.6 Å². The molecule has 1 amide bonds. The number of hydrogen-bond donors (Lipinski definition) is 1. The third-order valence-electron chi connectivity index (χ3n) is 2.84. The highest BCUT2D eigenvalue weighted by molar-refractivity contribution is 6.04. The summed E-state index contributed by atoms with van der Waals surface area (Å²) in [6.07, 6.45) is -4.44. The number of halogens is 4. The number of hydrogen-bond acceptors (Lipinski definition) is 1. The van der Waals surface area contributed by atoms with Crippen molar-refractivity contribution in [2.24, 2.45) is 0 Å². The highest BCUT2D eigenvalue weighted by atomic mass is 19.4. The van der Waals surface area contributed by atoms with E-state index in [0.717, 1.165) is 24.3 Å². The number of rotatable bonds is 2. The van der Waals surface area contributed by atoms with Gasteiger partial charge in [-0.05, 0) is 48.9 Å². The zero-order valence-corrected chi connectivity index (χ0v) is 11.0. The molecule has 2 aromatic carbocycles. The number of anilines is 1. The van der Waals surface area contributed by atoms with E-state index in [4.69, 9.17) is 0 Å². The molecule has 0 bridgehead atoms. The lowest BCUT2D eigenvalue weighted by Gasteiger charge is -2.09. The van der Waals surface area contributed by atoms with Crippen molar-refractivity contribution < 1.29 is 22.4 Å². The zero-order valence-electron chi connectivity index (χ0n) is 11.0. The van der Waals surface area contributed by atoms with Gasteiger partial charge in [-0.3, -0.25) is 4.79 Å². The Hall–Kier alpha value is -2.37. The van der Waals surface area contributed by atoms with Crippen molar-refractivity contribution in [3.63, 3.8) is 0 Å². The minimum Gasteiger partial charge on any atom is -0.322 e. The van der Waals surface area contributed by atoms with Crippen molar-refractivity contribution in [2.75, 3.05) is 5.32 Å². The second-order valence-electron chi connectivity index (χ2n) is 4.51. The third-order valence-corrected chi connectivity index (χ3v) is 2.84. The van der Waals surface area contributed by atoms with Crippen LogP contribution in [-0.4, -0.2) is 5.91 Å². The number of aryl methyl sites for hydroxylation is 1. The quantitative estimate of drug-likeness (QED) is 0.818. The maximum absolute atomic E-state index is 13.6. The highest BCUT2D eigenvalue weighted by Crippen LogP contribution is 2.29. The van der Waals surface area contributed by atoms with Gasteiger partial charge in [0.25, 0.3) is 5.91 Å². The number of carbonyl (C=O) groups is 1.